The number of unbranched alkanes of at least 4 members (excludes halogenated alkanes) is 1. The first-order chi connectivity index (χ1) is 6.24. The third-order valence-corrected chi connectivity index (χ3v) is 1.94. The summed E-state index contributed by atoms with van der Waals surface area (Å²) in [6, 6.07) is -0.369. The molecule has 0 aromatic rings. The summed E-state index contributed by atoms with van der Waals surface area (Å²) in [4.78, 5) is 21.7. The molecule has 1 aliphatic heterocycles. The maximum Gasteiger partial charge on any atom is 0.244 e. The third-order valence-electron chi connectivity index (χ3n) is 1.94. The predicted molar refractivity (Wildman–Crippen MR) is 45.9 cm³/mol. The minimum Gasteiger partial charge on any atom is -0.396 e. The molecule has 0 saturated carbocycles. The molecule has 0 spiro atoms. The monoisotopic (exact) mass is 186 g/mol. The molecule has 1 aliphatic rings. The first kappa shape index (κ1) is 10.1. The van der Waals surface area contributed by atoms with Crippen LogP contribution in [0.25, 0.3) is 0 Å². The van der Waals surface area contributed by atoms with Crippen molar-refractivity contribution in [2.45, 2.75) is 25.3 Å². The summed E-state index contributed by atoms with van der Waals surface area (Å²) < 4.78 is 0. The van der Waals surface area contributed by atoms with E-state index in [2.05, 4.69) is 10.6 Å². The molecule has 13 heavy (non-hydrogen) atoms. The molecule has 3 N–H and O–H groups in total. The normalized spacial score (nSPS) is 22.1. The van der Waals surface area contributed by atoms with Crippen LogP contribution in [0.3, 0.4) is 0 Å². The van der Waals surface area contributed by atoms with Gasteiger partial charge in [0.15, 0.2) is 0 Å². The van der Waals surface area contributed by atoms with Crippen molar-refractivity contribution in [3.63, 3.8) is 0 Å². The number of aliphatic hydroxyl groups is 1. The molecule has 2 amide bonds. The van der Waals surface area contributed by atoms with E-state index in [1.165, 1.54) is 0 Å². The van der Waals surface area contributed by atoms with Gasteiger partial charge in [-0.3, -0.25) is 14.9 Å². The van der Waals surface area contributed by atoms with E-state index in [1.54, 1.807) is 0 Å². The molecule has 5 nitrogen and oxygen atoms in total. The van der Waals surface area contributed by atoms with Gasteiger partial charge in [-0.05, 0) is 19.4 Å². The second-order valence-electron chi connectivity index (χ2n) is 3.05. The molecule has 1 unspecified atom stereocenters. The summed E-state index contributed by atoms with van der Waals surface area (Å²) >= 11 is 0. The van der Waals surface area contributed by atoms with Crippen molar-refractivity contribution in [3.8, 4) is 0 Å². The highest BCUT2D eigenvalue weighted by atomic mass is 16.3. The van der Waals surface area contributed by atoms with Gasteiger partial charge in [-0.15, -0.1) is 0 Å². The molecule has 5 heteroatoms. The Labute approximate surface area is 76.5 Å². The highest BCUT2D eigenvalue weighted by molar-refractivity contribution is 6.05. The number of carbonyl (C=O) groups excluding carboxylic acids is 2. The molecular weight excluding hydrogens is 172 g/mol. The van der Waals surface area contributed by atoms with Gasteiger partial charge in [0, 0.05) is 6.61 Å². The van der Waals surface area contributed by atoms with E-state index < -0.39 is 0 Å². The Kier molecular flexibility index (Phi) is 3.85. The maximum absolute atomic E-state index is 11.0. The molecular formula is C8H14N2O3. The first-order valence-electron chi connectivity index (χ1n) is 4.42. The molecule has 1 fully saturated rings. The quantitative estimate of drug-likeness (QED) is 0.371. The number of rotatable bonds is 5. The van der Waals surface area contributed by atoms with E-state index >= 15 is 0 Å². The highest BCUT2D eigenvalue weighted by Gasteiger charge is 2.29. The van der Waals surface area contributed by atoms with Crippen LogP contribution in [0, 0.1) is 0 Å². The second kappa shape index (κ2) is 4.94. The predicted octanol–water partition coefficient (Wildman–Crippen LogP) is -1.24. The van der Waals surface area contributed by atoms with Crippen LogP contribution in [0.15, 0.2) is 0 Å². The minimum atomic E-state index is -0.369. The topological polar surface area (TPSA) is 78.4 Å². The molecule has 1 heterocycles. The number of aliphatic hydroxyl groups excluding tert-OH is 1. The second-order valence-corrected chi connectivity index (χ2v) is 3.05. The van der Waals surface area contributed by atoms with Crippen molar-refractivity contribution in [3.05, 3.63) is 0 Å². The Hall–Kier alpha value is -0.940. The van der Waals surface area contributed by atoms with Crippen molar-refractivity contribution < 1.29 is 14.7 Å². The minimum absolute atomic E-state index is 0.164. The van der Waals surface area contributed by atoms with Crippen LogP contribution in [0.2, 0.25) is 0 Å². The van der Waals surface area contributed by atoms with Crippen LogP contribution >= 0.6 is 0 Å². The zero-order valence-corrected chi connectivity index (χ0v) is 7.38. The average molecular weight is 186 g/mol. The molecule has 0 bridgehead atoms. The third kappa shape index (κ3) is 3.12. The molecule has 74 valence electrons. The lowest BCUT2D eigenvalue weighted by Crippen LogP contribution is -2.36. The molecule has 1 saturated heterocycles. The fourth-order valence-corrected chi connectivity index (χ4v) is 1.23. The highest BCUT2D eigenvalue weighted by Crippen LogP contribution is 2.00. The summed E-state index contributed by atoms with van der Waals surface area (Å²) in [6.07, 6.45) is 1.77. The van der Waals surface area contributed by atoms with Gasteiger partial charge < -0.3 is 10.4 Å². The number of amides is 2. The smallest absolute Gasteiger partial charge is 0.244 e. The number of nitrogens with one attached hydrogen (secondary N) is 2. The lowest BCUT2D eigenvalue weighted by molar-refractivity contribution is -0.125. The average Bonchev–Trinajstić information content (AvgIpc) is 2.39. The van der Waals surface area contributed by atoms with Gasteiger partial charge in [0.1, 0.15) is 0 Å². The molecule has 0 aliphatic carbocycles. The van der Waals surface area contributed by atoms with E-state index in [0.717, 1.165) is 12.8 Å². The maximum atomic E-state index is 11.0. The summed E-state index contributed by atoms with van der Waals surface area (Å²) in [5.41, 5.74) is 0. The van der Waals surface area contributed by atoms with Crippen LogP contribution < -0.4 is 10.6 Å². The lowest BCUT2D eigenvalue weighted by atomic mass is 10.2. The summed E-state index contributed by atoms with van der Waals surface area (Å²) in [5, 5.41) is 13.7. The molecule has 1 atom stereocenters. The summed E-state index contributed by atoms with van der Waals surface area (Å²) in [7, 11) is 0. The van der Waals surface area contributed by atoms with Crippen molar-refractivity contribution in [1.29, 1.82) is 0 Å². The van der Waals surface area contributed by atoms with E-state index in [0.29, 0.717) is 6.54 Å². The van der Waals surface area contributed by atoms with Crippen LogP contribution in [0.5, 0.6) is 0 Å². The van der Waals surface area contributed by atoms with Crippen molar-refractivity contribution in [2.24, 2.45) is 0 Å². The van der Waals surface area contributed by atoms with Gasteiger partial charge in [0.2, 0.25) is 11.8 Å². The zero-order valence-electron chi connectivity index (χ0n) is 7.38. The van der Waals surface area contributed by atoms with Crippen LogP contribution in [0.4, 0.5) is 0 Å². The summed E-state index contributed by atoms with van der Waals surface area (Å²) in [5.74, 6) is -0.460. The Balaban J connectivity index is 2.14. The van der Waals surface area contributed by atoms with Crippen LogP contribution in [0.1, 0.15) is 19.3 Å². The number of hydrogen-bond acceptors (Lipinski definition) is 4. The summed E-state index contributed by atoms with van der Waals surface area (Å²) in [6.45, 7) is 0.823. The van der Waals surface area contributed by atoms with Crippen molar-refractivity contribution in [1.82, 2.24) is 10.6 Å². The fourth-order valence-electron chi connectivity index (χ4n) is 1.23. The van der Waals surface area contributed by atoms with Crippen molar-refractivity contribution >= 4 is 11.8 Å². The standard InChI is InChI=1S/C8H14N2O3/c11-4-2-1-3-9-6-5-7(12)10-8(6)13/h6,9,11H,1-5H2,(H,10,12,13). The fraction of sp³-hybridized carbons (Fsp3) is 0.750. The number of hydrogen-bond donors (Lipinski definition) is 3. The molecule has 0 aromatic carbocycles. The zero-order chi connectivity index (χ0) is 9.68. The van der Waals surface area contributed by atoms with Gasteiger partial charge >= 0.3 is 0 Å². The molecule has 0 radical (unpaired) electrons. The lowest BCUT2D eigenvalue weighted by Gasteiger charge is -2.07. The van der Waals surface area contributed by atoms with Gasteiger partial charge in [-0.25, -0.2) is 0 Å². The molecule has 1 rings (SSSR count). The van der Waals surface area contributed by atoms with Gasteiger partial charge in [-0.1, -0.05) is 0 Å². The Morgan fingerprint density at radius 2 is 2.23 bits per heavy atom. The molecule has 0 aromatic heterocycles. The Bertz CT molecular complexity index is 206. The Morgan fingerprint density at radius 1 is 1.46 bits per heavy atom. The number of imide groups is 1. The van der Waals surface area contributed by atoms with E-state index in [9.17, 15) is 9.59 Å². The SMILES string of the molecule is O=C1CC(NCCCCO)C(=O)N1. The van der Waals surface area contributed by atoms with Gasteiger partial charge in [0.25, 0.3) is 0 Å². The van der Waals surface area contributed by atoms with E-state index in [1.807, 2.05) is 0 Å². The van der Waals surface area contributed by atoms with E-state index in [4.69, 9.17) is 5.11 Å². The Morgan fingerprint density at radius 3 is 2.77 bits per heavy atom. The van der Waals surface area contributed by atoms with Crippen molar-refractivity contribution in [2.75, 3.05) is 13.2 Å². The van der Waals surface area contributed by atoms with Gasteiger partial charge in [-0.2, -0.15) is 0 Å². The largest absolute Gasteiger partial charge is 0.396 e. The van der Waals surface area contributed by atoms with Crippen LogP contribution in [-0.2, 0) is 9.59 Å². The van der Waals surface area contributed by atoms with Crippen LogP contribution in [-0.4, -0.2) is 36.1 Å². The first-order valence-corrected chi connectivity index (χ1v) is 4.42. The van der Waals surface area contributed by atoms with E-state index in [-0.39, 0.29) is 30.9 Å². The van der Waals surface area contributed by atoms with Gasteiger partial charge in [0.05, 0.1) is 12.5 Å². The number of carbonyl (C=O) groups is 2.